The molecule has 0 aliphatic carbocycles. The van der Waals surface area contributed by atoms with E-state index in [1.165, 1.54) is 0 Å². The zero-order valence-corrected chi connectivity index (χ0v) is 9.89. The lowest BCUT2D eigenvalue weighted by Crippen LogP contribution is -2.20. The van der Waals surface area contributed by atoms with E-state index in [1.807, 2.05) is 24.3 Å². The smallest absolute Gasteiger partial charge is 0.0991 e. The lowest BCUT2D eigenvalue weighted by atomic mass is 10.0. The number of nitriles is 1. The van der Waals surface area contributed by atoms with Crippen molar-refractivity contribution < 1.29 is 9.47 Å². The maximum absolute atomic E-state index is 8.79. The molecule has 0 N–H and O–H groups in total. The third-order valence-electron chi connectivity index (χ3n) is 3.02. The molecule has 0 spiro atoms. The predicted molar refractivity (Wildman–Crippen MR) is 64.4 cm³/mol. The number of hydrogen-bond donors (Lipinski definition) is 0. The Bertz CT molecular complexity index is 391. The van der Waals surface area contributed by atoms with E-state index in [-0.39, 0.29) is 0 Å². The fraction of sp³-hybridized carbons (Fsp3) is 0.500. The first-order chi connectivity index (χ1) is 8.38. The molecule has 1 aromatic rings. The maximum atomic E-state index is 8.79. The molecule has 3 heteroatoms. The molecule has 0 bridgehead atoms. The highest BCUT2D eigenvalue weighted by atomic mass is 16.5. The first kappa shape index (κ1) is 12.1. The van der Waals surface area contributed by atoms with E-state index in [9.17, 15) is 0 Å². The van der Waals surface area contributed by atoms with E-state index in [2.05, 4.69) is 6.07 Å². The van der Waals surface area contributed by atoms with E-state index < -0.39 is 0 Å². The molecule has 90 valence electrons. The Morgan fingerprint density at radius 3 is 2.94 bits per heavy atom. The van der Waals surface area contributed by atoms with E-state index in [1.54, 1.807) is 0 Å². The summed E-state index contributed by atoms with van der Waals surface area (Å²) in [5.74, 6) is 0.628. The van der Waals surface area contributed by atoms with Crippen LogP contribution in [-0.2, 0) is 16.1 Å². The summed E-state index contributed by atoms with van der Waals surface area (Å²) in [5.41, 5.74) is 1.76. The second kappa shape index (κ2) is 6.39. The van der Waals surface area contributed by atoms with Gasteiger partial charge in [-0.25, -0.2) is 0 Å². The summed E-state index contributed by atoms with van der Waals surface area (Å²) in [6, 6.07) is 9.71. The number of hydrogen-bond acceptors (Lipinski definition) is 3. The zero-order valence-electron chi connectivity index (χ0n) is 9.89. The van der Waals surface area contributed by atoms with Crippen molar-refractivity contribution in [2.24, 2.45) is 5.92 Å². The van der Waals surface area contributed by atoms with Crippen LogP contribution >= 0.6 is 0 Å². The number of nitrogens with zero attached hydrogens (tertiary/aromatic N) is 1. The van der Waals surface area contributed by atoms with Gasteiger partial charge in [0.05, 0.1) is 24.8 Å². The van der Waals surface area contributed by atoms with Gasteiger partial charge in [-0.05, 0) is 36.5 Å². The quantitative estimate of drug-likeness (QED) is 0.799. The highest BCUT2D eigenvalue weighted by molar-refractivity contribution is 5.32. The Labute approximate surface area is 102 Å². The van der Waals surface area contributed by atoms with Crippen molar-refractivity contribution in [3.05, 3.63) is 35.4 Å². The first-order valence-corrected chi connectivity index (χ1v) is 6.03. The minimum atomic E-state index is 0.590. The largest absolute Gasteiger partial charge is 0.381 e. The van der Waals surface area contributed by atoms with Crippen molar-refractivity contribution in [1.29, 1.82) is 5.26 Å². The lowest BCUT2D eigenvalue weighted by Gasteiger charge is -2.21. The number of ether oxygens (including phenoxy) is 2. The minimum Gasteiger partial charge on any atom is -0.381 e. The maximum Gasteiger partial charge on any atom is 0.0991 e. The van der Waals surface area contributed by atoms with E-state index in [4.69, 9.17) is 14.7 Å². The van der Waals surface area contributed by atoms with Crippen LogP contribution in [0.4, 0.5) is 0 Å². The molecule has 1 aliphatic heterocycles. The van der Waals surface area contributed by atoms with Crippen LogP contribution in [0.5, 0.6) is 0 Å². The molecule has 0 aromatic heterocycles. The molecule has 1 saturated heterocycles. The van der Waals surface area contributed by atoms with Gasteiger partial charge in [0.25, 0.3) is 0 Å². The van der Waals surface area contributed by atoms with Crippen molar-refractivity contribution in [2.45, 2.75) is 19.4 Å². The number of rotatable bonds is 4. The van der Waals surface area contributed by atoms with Crippen molar-refractivity contribution in [3.63, 3.8) is 0 Å². The fourth-order valence-electron chi connectivity index (χ4n) is 1.99. The van der Waals surface area contributed by atoms with Crippen LogP contribution in [0.2, 0.25) is 0 Å². The van der Waals surface area contributed by atoms with Gasteiger partial charge in [-0.1, -0.05) is 12.1 Å². The Hall–Kier alpha value is -1.37. The van der Waals surface area contributed by atoms with Crippen LogP contribution in [0.25, 0.3) is 0 Å². The molecule has 1 aromatic carbocycles. The monoisotopic (exact) mass is 231 g/mol. The van der Waals surface area contributed by atoms with Crippen molar-refractivity contribution in [2.75, 3.05) is 19.8 Å². The molecule has 17 heavy (non-hydrogen) atoms. The molecule has 1 aliphatic rings. The third-order valence-corrected chi connectivity index (χ3v) is 3.02. The Kier molecular flexibility index (Phi) is 4.54. The van der Waals surface area contributed by atoms with Crippen LogP contribution in [-0.4, -0.2) is 19.8 Å². The van der Waals surface area contributed by atoms with Gasteiger partial charge in [0, 0.05) is 13.2 Å². The van der Waals surface area contributed by atoms with Gasteiger partial charge in [0.15, 0.2) is 0 Å². The second-order valence-electron chi connectivity index (χ2n) is 4.38. The molecular formula is C14H17NO2. The molecule has 3 nitrogen and oxygen atoms in total. The Morgan fingerprint density at radius 2 is 2.18 bits per heavy atom. The van der Waals surface area contributed by atoms with Gasteiger partial charge in [-0.3, -0.25) is 0 Å². The van der Waals surface area contributed by atoms with Gasteiger partial charge in [0.1, 0.15) is 0 Å². The van der Waals surface area contributed by atoms with Gasteiger partial charge < -0.3 is 9.47 Å². The highest BCUT2D eigenvalue weighted by Crippen LogP contribution is 2.15. The third kappa shape index (κ3) is 3.85. The predicted octanol–water partition coefficient (Wildman–Crippen LogP) is 2.50. The minimum absolute atomic E-state index is 0.590. The first-order valence-electron chi connectivity index (χ1n) is 6.03. The lowest BCUT2D eigenvalue weighted by molar-refractivity contribution is 0.0157. The highest BCUT2D eigenvalue weighted by Gasteiger charge is 2.13. The molecule has 2 rings (SSSR count). The summed E-state index contributed by atoms with van der Waals surface area (Å²) in [5, 5.41) is 8.79. The van der Waals surface area contributed by atoms with Crippen LogP contribution in [0.15, 0.2) is 24.3 Å². The summed E-state index contributed by atoms with van der Waals surface area (Å²) in [4.78, 5) is 0. The standard InChI is InChI=1S/C14H17NO2/c15-9-13-2-1-3-14(8-13)11-17-10-12-4-6-16-7-5-12/h1-3,8,12H,4-7,10-11H2. The molecule has 0 atom stereocenters. The topological polar surface area (TPSA) is 42.2 Å². The summed E-state index contributed by atoms with van der Waals surface area (Å²) in [6.07, 6.45) is 2.19. The van der Waals surface area contributed by atoms with E-state index >= 15 is 0 Å². The van der Waals surface area contributed by atoms with E-state index in [0.717, 1.165) is 38.2 Å². The Morgan fingerprint density at radius 1 is 1.35 bits per heavy atom. The summed E-state index contributed by atoms with van der Waals surface area (Å²) in [7, 11) is 0. The van der Waals surface area contributed by atoms with Crippen LogP contribution in [0.3, 0.4) is 0 Å². The van der Waals surface area contributed by atoms with Gasteiger partial charge in [-0.2, -0.15) is 5.26 Å². The van der Waals surface area contributed by atoms with Crippen LogP contribution in [0, 0.1) is 17.2 Å². The SMILES string of the molecule is N#Cc1cccc(COCC2CCOCC2)c1. The van der Waals surface area contributed by atoms with Gasteiger partial charge >= 0.3 is 0 Å². The molecule has 1 heterocycles. The Balaban J connectivity index is 1.75. The summed E-state index contributed by atoms with van der Waals surface area (Å²) >= 11 is 0. The average Bonchev–Trinajstić information content (AvgIpc) is 2.40. The molecule has 0 saturated carbocycles. The molecule has 0 radical (unpaired) electrons. The molecule has 1 fully saturated rings. The zero-order chi connectivity index (χ0) is 11.9. The van der Waals surface area contributed by atoms with Gasteiger partial charge in [0.2, 0.25) is 0 Å². The fourth-order valence-corrected chi connectivity index (χ4v) is 1.99. The van der Waals surface area contributed by atoms with Crippen molar-refractivity contribution >= 4 is 0 Å². The van der Waals surface area contributed by atoms with Crippen molar-refractivity contribution in [1.82, 2.24) is 0 Å². The van der Waals surface area contributed by atoms with Crippen LogP contribution < -0.4 is 0 Å². The molecule has 0 amide bonds. The summed E-state index contributed by atoms with van der Waals surface area (Å²) < 4.78 is 11.0. The van der Waals surface area contributed by atoms with Gasteiger partial charge in [-0.15, -0.1) is 0 Å². The second-order valence-corrected chi connectivity index (χ2v) is 4.38. The average molecular weight is 231 g/mol. The van der Waals surface area contributed by atoms with Crippen LogP contribution in [0.1, 0.15) is 24.0 Å². The van der Waals surface area contributed by atoms with Crippen molar-refractivity contribution in [3.8, 4) is 6.07 Å². The van der Waals surface area contributed by atoms with E-state index in [0.29, 0.717) is 18.1 Å². The summed E-state index contributed by atoms with van der Waals surface area (Å²) in [6.45, 7) is 3.10. The normalized spacial score (nSPS) is 16.6. The molecule has 0 unspecified atom stereocenters. The molecular weight excluding hydrogens is 214 g/mol. The number of benzene rings is 1.